The summed E-state index contributed by atoms with van der Waals surface area (Å²) >= 11 is 0. The van der Waals surface area contributed by atoms with Gasteiger partial charge in [0.05, 0.1) is 25.5 Å². The van der Waals surface area contributed by atoms with Gasteiger partial charge < -0.3 is 24.4 Å². The largest absolute Gasteiger partial charge is 0.493 e. The number of methoxy groups -OCH3 is 3. The van der Waals surface area contributed by atoms with Gasteiger partial charge in [-0.05, 0) is 31.7 Å². The molecule has 1 N–H and O–H groups in total. The molecule has 144 valence electrons. The summed E-state index contributed by atoms with van der Waals surface area (Å²) in [7, 11) is 4.52. The number of likely N-dealkylation sites (tertiary alicyclic amines) is 1. The van der Waals surface area contributed by atoms with E-state index in [1.165, 1.54) is 21.3 Å². The molecule has 26 heavy (non-hydrogen) atoms. The van der Waals surface area contributed by atoms with Crippen molar-refractivity contribution < 1.29 is 23.8 Å². The predicted octanol–water partition coefficient (Wildman–Crippen LogP) is 2.69. The van der Waals surface area contributed by atoms with E-state index >= 15 is 0 Å². The zero-order chi connectivity index (χ0) is 19.1. The van der Waals surface area contributed by atoms with Gasteiger partial charge in [-0.25, -0.2) is 0 Å². The summed E-state index contributed by atoms with van der Waals surface area (Å²) in [6.45, 7) is 3.30. The number of carbonyl (C=O) groups excluding carboxylic acids is 2. The number of benzene rings is 1. The number of carbonyl (C=O) groups is 2. The van der Waals surface area contributed by atoms with Gasteiger partial charge in [-0.1, -0.05) is 6.92 Å². The van der Waals surface area contributed by atoms with Crippen LogP contribution in [0.15, 0.2) is 12.1 Å². The molecule has 7 heteroatoms. The molecular weight excluding hydrogens is 336 g/mol. The van der Waals surface area contributed by atoms with Crippen LogP contribution in [0.3, 0.4) is 0 Å². The molecule has 1 aliphatic rings. The van der Waals surface area contributed by atoms with Crippen LogP contribution < -0.4 is 14.8 Å². The van der Waals surface area contributed by atoms with Crippen LogP contribution in [0.2, 0.25) is 0 Å². The first-order chi connectivity index (χ1) is 12.5. The summed E-state index contributed by atoms with van der Waals surface area (Å²) < 4.78 is 15.8. The monoisotopic (exact) mass is 364 g/mol. The van der Waals surface area contributed by atoms with Gasteiger partial charge in [-0.15, -0.1) is 0 Å². The van der Waals surface area contributed by atoms with Crippen molar-refractivity contribution in [1.82, 2.24) is 4.90 Å². The molecular formula is C19H28N2O5. The van der Waals surface area contributed by atoms with Crippen LogP contribution in [0, 0.1) is 0 Å². The first-order valence-electron chi connectivity index (χ1n) is 8.94. The Morgan fingerprint density at radius 3 is 2.23 bits per heavy atom. The Morgan fingerprint density at radius 2 is 1.69 bits per heavy atom. The summed E-state index contributed by atoms with van der Waals surface area (Å²) in [5.41, 5.74) is 0.794. The standard InChI is InChI=1S/C19H28N2O5/c1-5-15(24-2)18(22)20-14-12-17(26-4)16(25-3)11-13(14)19(23)21-9-7-6-8-10-21/h11-12,15H,5-10H2,1-4H3,(H,20,22)/t15-/m1/s1. The van der Waals surface area contributed by atoms with Gasteiger partial charge in [-0.2, -0.15) is 0 Å². The summed E-state index contributed by atoms with van der Waals surface area (Å²) in [4.78, 5) is 27.3. The molecule has 0 radical (unpaired) electrons. The lowest BCUT2D eigenvalue weighted by Crippen LogP contribution is -2.36. The topological polar surface area (TPSA) is 77.1 Å². The van der Waals surface area contributed by atoms with Crippen LogP contribution in [0.5, 0.6) is 11.5 Å². The number of hydrogen-bond donors (Lipinski definition) is 1. The molecule has 0 aliphatic carbocycles. The number of amides is 2. The summed E-state index contributed by atoms with van der Waals surface area (Å²) in [5, 5.41) is 2.81. The summed E-state index contributed by atoms with van der Waals surface area (Å²) in [6, 6.07) is 3.25. The second-order valence-corrected chi connectivity index (χ2v) is 6.23. The number of ether oxygens (including phenoxy) is 3. The first-order valence-corrected chi connectivity index (χ1v) is 8.94. The van der Waals surface area contributed by atoms with E-state index in [0.717, 1.165) is 32.4 Å². The fraction of sp³-hybridized carbons (Fsp3) is 0.579. The van der Waals surface area contributed by atoms with E-state index in [-0.39, 0.29) is 11.8 Å². The molecule has 1 saturated heterocycles. The van der Waals surface area contributed by atoms with E-state index in [1.54, 1.807) is 12.1 Å². The van der Waals surface area contributed by atoms with Crippen molar-refractivity contribution in [2.24, 2.45) is 0 Å². The van der Waals surface area contributed by atoms with Crippen molar-refractivity contribution in [1.29, 1.82) is 0 Å². The Hall–Kier alpha value is -2.28. The molecule has 1 aromatic carbocycles. The number of nitrogens with one attached hydrogen (secondary N) is 1. The highest BCUT2D eigenvalue weighted by Gasteiger charge is 2.25. The number of piperidine rings is 1. The van der Waals surface area contributed by atoms with E-state index in [0.29, 0.717) is 29.2 Å². The molecule has 0 spiro atoms. The highest BCUT2D eigenvalue weighted by molar-refractivity contribution is 6.05. The van der Waals surface area contributed by atoms with Gasteiger partial charge >= 0.3 is 0 Å². The van der Waals surface area contributed by atoms with Crippen LogP contribution in [0.1, 0.15) is 43.0 Å². The lowest BCUT2D eigenvalue weighted by Gasteiger charge is -2.28. The first kappa shape index (κ1) is 20.0. The van der Waals surface area contributed by atoms with Gasteiger partial charge in [-0.3, -0.25) is 9.59 Å². The maximum Gasteiger partial charge on any atom is 0.256 e. The quantitative estimate of drug-likeness (QED) is 0.805. The van der Waals surface area contributed by atoms with Crippen LogP contribution in [0.25, 0.3) is 0 Å². The summed E-state index contributed by atoms with van der Waals surface area (Å²) in [6.07, 6.45) is 3.06. The molecule has 1 fully saturated rings. The number of hydrogen-bond acceptors (Lipinski definition) is 5. The van der Waals surface area contributed by atoms with E-state index in [4.69, 9.17) is 14.2 Å². The Kier molecular flexibility index (Phi) is 7.26. The maximum atomic E-state index is 13.0. The highest BCUT2D eigenvalue weighted by atomic mass is 16.5. The molecule has 1 aliphatic heterocycles. The third-order valence-electron chi connectivity index (χ3n) is 4.60. The average Bonchev–Trinajstić information content (AvgIpc) is 2.68. The normalized spacial score (nSPS) is 15.3. The third kappa shape index (κ3) is 4.46. The smallest absolute Gasteiger partial charge is 0.256 e. The number of rotatable bonds is 7. The van der Waals surface area contributed by atoms with E-state index < -0.39 is 6.10 Å². The van der Waals surface area contributed by atoms with Crippen molar-refractivity contribution in [3.63, 3.8) is 0 Å². The van der Waals surface area contributed by atoms with Crippen molar-refractivity contribution in [2.45, 2.75) is 38.7 Å². The molecule has 0 unspecified atom stereocenters. The molecule has 0 bridgehead atoms. The fourth-order valence-electron chi connectivity index (χ4n) is 3.10. The molecule has 2 amide bonds. The highest BCUT2D eigenvalue weighted by Crippen LogP contribution is 2.34. The number of anilines is 1. The summed E-state index contributed by atoms with van der Waals surface area (Å²) in [5.74, 6) is 0.481. The van der Waals surface area contributed by atoms with Crippen molar-refractivity contribution in [3.8, 4) is 11.5 Å². The van der Waals surface area contributed by atoms with Crippen LogP contribution >= 0.6 is 0 Å². The van der Waals surface area contributed by atoms with Crippen molar-refractivity contribution >= 4 is 17.5 Å². The second kappa shape index (κ2) is 9.43. The van der Waals surface area contributed by atoms with E-state index in [2.05, 4.69) is 5.32 Å². The van der Waals surface area contributed by atoms with Crippen molar-refractivity contribution in [2.75, 3.05) is 39.7 Å². The van der Waals surface area contributed by atoms with Crippen LogP contribution in [-0.4, -0.2) is 57.2 Å². The van der Waals surface area contributed by atoms with E-state index in [1.807, 2.05) is 11.8 Å². The zero-order valence-corrected chi connectivity index (χ0v) is 16.0. The minimum atomic E-state index is -0.582. The predicted molar refractivity (Wildman–Crippen MR) is 99.0 cm³/mol. The Labute approximate surface area is 154 Å². The van der Waals surface area contributed by atoms with E-state index in [9.17, 15) is 9.59 Å². The molecule has 1 atom stereocenters. The molecule has 0 aromatic heterocycles. The van der Waals surface area contributed by atoms with Gasteiger partial charge in [0.1, 0.15) is 6.10 Å². The minimum absolute atomic E-state index is 0.119. The molecule has 0 saturated carbocycles. The van der Waals surface area contributed by atoms with Gasteiger partial charge in [0.25, 0.3) is 11.8 Å². The Morgan fingerprint density at radius 1 is 1.08 bits per heavy atom. The SMILES string of the molecule is CC[C@@H](OC)C(=O)Nc1cc(OC)c(OC)cc1C(=O)N1CCCCC1. The van der Waals surface area contributed by atoms with Crippen molar-refractivity contribution in [3.05, 3.63) is 17.7 Å². The Balaban J connectivity index is 2.39. The number of nitrogens with zero attached hydrogens (tertiary/aromatic N) is 1. The average molecular weight is 364 g/mol. The molecule has 1 heterocycles. The van der Waals surface area contributed by atoms with Crippen LogP contribution in [-0.2, 0) is 9.53 Å². The van der Waals surface area contributed by atoms with Gasteiger partial charge in [0.2, 0.25) is 0 Å². The fourth-order valence-corrected chi connectivity index (χ4v) is 3.10. The third-order valence-corrected chi connectivity index (χ3v) is 4.60. The molecule has 1 aromatic rings. The van der Waals surface area contributed by atoms with Crippen LogP contribution in [0.4, 0.5) is 5.69 Å². The Bertz CT molecular complexity index is 637. The lowest BCUT2D eigenvalue weighted by atomic mass is 10.1. The zero-order valence-electron chi connectivity index (χ0n) is 16.0. The minimum Gasteiger partial charge on any atom is -0.493 e. The van der Waals surface area contributed by atoms with Gasteiger partial charge in [0, 0.05) is 26.3 Å². The molecule has 2 rings (SSSR count). The second-order valence-electron chi connectivity index (χ2n) is 6.23. The lowest BCUT2D eigenvalue weighted by molar-refractivity contribution is -0.125. The molecule has 7 nitrogen and oxygen atoms in total. The maximum absolute atomic E-state index is 13.0. The van der Waals surface area contributed by atoms with Gasteiger partial charge in [0.15, 0.2) is 11.5 Å².